The zero-order chi connectivity index (χ0) is 19.8. The Kier molecular flexibility index (Phi) is 7.37. The van der Waals surface area contributed by atoms with Gasteiger partial charge in [0.1, 0.15) is 17.3 Å². The van der Waals surface area contributed by atoms with Gasteiger partial charge < -0.3 is 19.7 Å². The molecule has 0 radical (unpaired) electrons. The minimum absolute atomic E-state index is 0.135. The van der Waals surface area contributed by atoms with Crippen molar-refractivity contribution in [2.75, 3.05) is 34.9 Å². The Morgan fingerprint density at radius 1 is 1.19 bits per heavy atom. The van der Waals surface area contributed by atoms with E-state index >= 15 is 0 Å². The van der Waals surface area contributed by atoms with Gasteiger partial charge in [-0.15, -0.1) is 0 Å². The first kappa shape index (κ1) is 20.5. The highest BCUT2D eigenvalue weighted by atomic mass is 19.1. The van der Waals surface area contributed by atoms with Crippen LogP contribution in [-0.4, -0.2) is 45.7 Å². The lowest BCUT2D eigenvalue weighted by molar-refractivity contribution is -0.116. The summed E-state index contributed by atoms with van der Waals surface area (Å²) in [5.74, 6) is 0.777. The van der Waals surface area contributed by atoms with E-state index in [1.807, 2.05) is 25.1 Å². The maximum absolute atomic E-state index is 13.5. The number of carbonyl (C=O) groups excluding carboxylic acids is 1. The van der Waals surface area contributed by atoms with E-state index in [0.717, 1.165) is 11.1 Å². The van der Waals surface area contributed by atoms with Crippen LogP contribution in [0.25, 0.3) is 6.08 Å². The number of ether oxygens (including phenoxy) is 2. The number of likely N-dealkylation sites (N-methyl/N-ethyl adjacent to an activating group) is 1. The molecular weight excluding hydrogens is 347 g/mol. The molecule has 6 heteroatoms. The zero-order valence-corrected chi connectivity index (χ0v) is 16.0. The average molecular weight is 372 g/mol. The zero-order valence-electron chi connectivity index (χ0n) is 16.0. The normalized spacial score (nSPS) is 12.2. The first-order valence-electron chi connectivity index (χ1n) is 8.54. The van der Waals surface area contributed by atoms with Crippen molar-refractivity contribution in [3.05, 3.63) is 65.5 Å². The molecule has 1 N–H and O–H groups in total. The molecule has 27 heavy (non-hydrogen) atoms. The molecule has 0 spiro atoms. The summed E-state index contributed by atoms with van der Waals surface area (Å²) in [5, 5.41) is 2.86. The van der Waals surface area contributed by atoms with Crippen molar-refractivity contribution >= 4 is 12.0 Å². The lowest BCUT2D eigenvalue weighted by Crippen LogP contribution is -2.33. The number of nitrogens with zero attached hydrogens (tertiary/aromatic N) is 1. The SMILES string of the molecule is COc1ccc(OC)c(/C=C\C(=O)NC[C@@H](c2cccc(F)c2)N(C)C)c1. The molecule has 2 aromatic rings. The highest BCUT2D eigenvalue weighted by molar-refractivity contribution is 5.92. The lowest BCUT2D eigenvalue weighted by atomic mass is 10.1. The van der Waals surface area contributed by atoms with E-state index in [2.05, 4.69) is 5.32 Å². The standard InChI is InChI=1S/C21H25FN2O3/c1-24(2)19(15-6-5-7-17(22)12-15)14-23-21(25)11-8-16-13-18(26-3)9-10-20(16)27-4/h5-13,19H,14H2,1-4H3,(H,23,25)/b11-8-/t19-/m0/s1. The Balaban J connectivity index is 2.05. The van der Waals surface area contributed by atoms with Crippen molar-refractivity contribution in [3.63, 3.8) is 0 Å². The van der Waals surface area contributed by atoms with E-state index < -0.39 is 0 Å². The second-order valence-corrected chi connectivity index (χ2v) is 6.22. The minimum atomic E-state index is -0.296. The molecule has 0 aliphatic rings. The van der Waals surface area contributed by atoms with Crippen molar-refractivity contribution in [1.29, 1.82) is 0 Å². The van der Waals surface area contributed by atoms with Gasteiger partial charge in [-0.1, -0.05) is 12.1 Å². The van der Waals surface area contributed by atoms with E-state index in [4.69, 9.17) is 9.47 Å². The van der Waals surface area contributed by atoms with Gasteiger partial charge in [0.05, 0.1) is 20.3 Å². The molecular formula is C21H25FN2O3. The number of rotatable bonds is 8. The summed E-state index contributed by atoms with van der Waals surface area (Å²) in [6.07, 6.45) is 3.11. The second-order valence-electron chi connectivity index (χ2n) is 6.22. The number of nitrogens with one attached hydrogen (secondary N) is 1. The van der Waals surface area contributed by atoms with Gasteiger partial charge >= 0.3 is 0 Å². The monoisotopic (exact) mass is 372 g/mol. The van der Waals surface area contributed by atoms with E-state index in [0.29, 0.717) is 18.0 Å². The van der Waals surface area contributed by atoms with Gasteiger partial charge in [0.25, 0.3) is 0 Å². The number of benzene rings is 2. The van der Waals surface area contributed by atoms with Crippen LogP contribution in [0.1, 0.15) is 17.2 Å². The second kappa shape index (κ2) is 9.73. The van der Waals surface area contributed by atoms with Crippen LogP contribution < -0.4 is 14.8 Å². The Morgan fingerprint density at radius 3 is 2.59 bits per heavy atom. The first-order chi connectivity index (χ1) is 12.9. The van der Waals surface area contributed by atoms with Gasteiger partial charge in [-0.05, 0) is 56.1 Å². The van der Waals surface area contributed by atoms with Crippen molar-refractivity contribution in [2.45, 2.75) is 6.04 Å². The number of hydrogen-bond acceptors (Lipinski definition) is 4. The molecule has 0 unspecified atom stereocenters. The van der Waals surface area contributed by atoms with Gasteiger partial charge in [0.15, 0.2) is 0 Å². The minimum Gasteiger partial charge on any atom is -0.497 e. The lowest BCUT2D eigenvalue weighted by Gasteiger charge is -2.25. The quantitative estimate of drug-likeness (QED) is 0.723. The highest BCUT2D eigenvalue weighted by Crippen LogP contribution is 2.25. The molecule has 0 fully saturated rings. The molecule has 144 valence electrons. The van der Waals surface area contributed by atoms with Crippen LogP contribution in [0.4, 0.5) is 4.39 Å². The molecule has 1 atom stereocenters. The fraction of sp³-hybridized carbons (Fsp3) is 0.286. The van der Waals surface area contributed by atoms with Crippen LogP contribution in [0.3, 0.4) is 0 Å². The molecule has 2 aromatic carbocycles. The topological polar surface area (TPSA) is 50.8 Å². The summed E-state index contributed by atoms with van der Waals surface area (Å²) in [5.41, 5.74) is 1.54. The predicted octanol–water partition coefficient (Wildman–Crippen LogP) is 3.28. The van der Waals surface area contributed by atoms with Crippen LogP contribution >= 0.6 is 0 Å². The summed E-state index contributed by atoms with van der Waals surface area (Å²) in [7, 11) is 6.92. The molecule has 5 nitrogen and oxygen atoms in total. The summed E-state index contributed by atoms with van der Waals surface area (Å²) >= 11 is 0. The summed E-state index contributed by atoms with van der Waals surface area (Å²) in [6.45, 7) is 0.356. The van der Waals surface area contributed by atoms with Crippen molar-refractivity contribution in [2.24, 2.45) is 0 Å². The van der Waals surface area contributed by atoms with Crippen LogP contribution in [-0.2, 0) is 4.79 Å². The third-order valence-electron chi connectivity index (χ3n) is 4.18. The smallest absolute Gasteiger partial charge is 0.244 e. The number of carbonyl (C=O) groups is 1. The summed E-state index contributed by atoms with van der Waals surface area (Å²) in [6, 6.07) is 11.6. The third kappa shape index (κ3) is 5.82. The maximum atomic E-state index is 13.5. The predicted molar refractivity (Wildman–Crippen MR) is 104 cm³/mol. The van der Waals surface area contributed by atoms with Crippen LogP contribution in [0.2, 0.25) is 0 Å². The van der Waals surface area contributed by atoms with Gasteiger partial charge in [-0.3, -0.25) is 4.79 Å². The fourth-order valence-corrected chi connectivity index (χ4v) is 2.70. The van der Waals surface area contributed by atoms with Crippen LogP contribution in [0.15, 0.2) is 48.5 Å². The van der Waals surface area contributed by atoms with Crippen LogP contribution in [0.5, 0.6) is 11.5 Å². The van der Waals surface area contributed by atoms with Gasteiger partial charge in [-0.25, -0.2) is 4.39 Å². The Labute approximate surface area is 159 Å². The largest absolute Gasteiger partial charge is 0.497 e. The van der Waals surface area contributed by atoms with E-state index in [9.17, 15) is 9.18 Å². The molecule has 2 rings (SSSR count). The number of amides is 1. The molecule has 0 saturated carbocycles. The van der Waals surface area contributed by atoms with Gasteiger partial charge in [-0.2, -0.15) is 0 Å². The highest BCUT2D eigenvalue weighted by Gasteiger charge is 2.15. The summed E-state index contributed by atoms with van der Waals surface area (Å²) < 4.78 is 24.0. The molecule has 0 saturated heterocycles. The average Bonchev–Trinajstić information content (AvgIpc) is 2.66. The molecule has 0 aliphatic heterocycles. The number of hydrogen-bond donors (Lipinski definition) is 1. The van der Waals surface area contributed by atoms with Crippen molar-refractivity contribution in [3.8, 4) is 11.5 Å². The third-order valence-corrected chi connectivity index (χ3v) is 4.18. The van der Waals surface area contributed by atoms with E-state index in [1.54, 1.807) is 44.6 Å². The van der Waals surface area contributed by atoms with E-state index in [1.165, 1.54) is 18.2 Å². The Hall–Kier alpha value is -2.86. The Bertz CT molecular complexity index is 806. The number of halogens is 1. The molecule has 0 aromatic heterocycles. The van der Waals surface area contributed by atoms with E-state index in [-0.39, 0.29) is 17.8 Å². The van der Waals surface area contributed by atoms with Gasteiger partial charge in [0, 0.05) is 18.2 Å². The number of methoxy groups -OCH3 is 2. The Morgan fingerprint density at radius 2 is 1.96 bits per heavy atom. The molecule has 0 bridgehead atoms. The molecule has 0 aliphatic carbocycles. The summed E-state index contributed by atoms with van der Waals surface area (Å²) in [4.78, 5) is 14.2. The maximum Gasteiger partial charge on any atom is 0.244 e. The first-order valence-corrected chi connectivity index (χ1v) is 8.54. The van der Waals surface area contributed by atoms with Crippen molar-refractivity contribution in [1.82, 2.24) is 10.2 Å². The molecule has 1 amide bonds. The fourth-order valence-electron chi connectivity index (χ4n) is 2.70. The van der Waals surface area contributed by atoms with Crippen LogP contribution in [0, 0.1) is 5.82 Å². The van der Waals surface area contributed by atoms with Crippen molar-refractivity contribution < 1.29 is 18.7 Å². The molecule has 0 heterocycles. The van der Waals surface area contributed by atoms with Gasteiger partial charge in [0.2, 0.25) is 5.91 Å².